The lowest BCUT2D eigenvalue weighted by Gasteiger charge is -2.19. The Bertz CT molecular complexity index is 378. The van der Waals surface area contributed by atoms with Gasteiger partial charge in [-0.3, -0.25) is 0 Å². The molecule has 3 rings (SSSR count). The van der Waals surface area contributed by atoms with Crippen molar-refractivity contribution >= 4 is 5.82 Å². The van der Waals surface area contributed by atoms with Crippen LogP contribution in [-0.2, 0) is 4.74 Å². The molecule has 0 amide bonds. The Labute approximate surface area is 95.4 Å². The Morgan fingerprint density at radius 3 is 2.94 bits per heavy atom. The Balaban J connectivity index is 1.69. The number of nitrogens with one attached hydrogen (secondary N) is 1. The number of aromatic nitrogens is 2. The third-order valence-corrected chi connectivity index (χ3v) is 3.36. The van der Waals surface area contributed by atoms with Crippen LogP contribution in [0.15, 0.2) is 12.4 Å². The van der Waals surface area contributed by atoms with Crippen LogP contribution in [0.2, 0.25) is 0 Å². The molecule has 1 aromatic rings. The first-order chi connectivity index (χ1) is 7.83. The molecule has 2 heterocycles. The molecule has 1 aliphatic carbocycles. The quantitative estimate of drug-likeness (QED) is 0.841. The fourth-order valence-electron chi connectivity index (χ4n) is 2.38. The number of ether oxygens (including phenoxy) is 1. The fourth-order valence-corrected chi connectivity index (χ4v) is 2.38. The van der Waals surface area contributed by atoms with Crippen LogP contribution < -0.4 is 5.32 Å². The largest absolute Gasteiger partial charge is 0.376 e. The molecule has 2 aliphatic rings. The van der Waals surface area contributed by atoms with Crippen molar-refractivity contribution in [2.45, 2.75) is 38.3 Å². The second kappa shape index (κ2) is 4.01. The molecule has 2 atom stereocenters. The van der Waals surface area contributed by atoms with Crippen LogP contribution >= 0.6 is 0 Å². The molecule has 1 saturated carbocycles. The first-order valence-corrected chi connectivity index (χ1v) is 6.00. The highest BCUT2D eigenvalue weighted by Crippen LogP contribution is 2.39. The maximum atomic E-state index is 5.79. The monoisotopic (exact) mass is 219 g/mol. The molecule has 0 radical (unpaired) electrons. The van der Waals surface area contributed by atoms with E-state index in [0.717, 1.165) is 30.5 Å². The maximum Gasteiger partial charge on any atom is 0.129 e. The third-order valence-electron chi connectivity index (χ3n) is 3.36. The summed E-state index contributed by atoms with van der Waals surface area (Å²) in [6, 6.07) is 2.42. The minimum Gasteiger partial charge on any atom is -0.376 e. The zero-order chi connectivity index (χ0) is 11.0. The average Bonchev–Trinajstić information content (AvgIpc) is 3.00. The fraction of sp³-hybridized carbons (Fsp3) is 0.667. The highest BCUT2D eigenvalue weighted by atomic mass is 16.5. The summed E-state index contributed by atoms with van der Waals surface area (Å²) in [7, 11) is 0. The van der Waals surface area contributed by atoms with Gasteiger partial charge in [0.1, 0.15) is 12.1 Å². The van der Waals surface area contributed by atoms with Crippen LogP contribution in [0.4, 0.5) is 5.82 Å². The van der Waals surface area contributed by atoms with Gasteiger partial charge >= 0.3 is 0 Å². The predicted molar refractivity (Wildman–Crippen MR) is 61.3 cm³/mol. The van der Waals surface area contributed by atoms with E-state index in [-0.39, 0.29) is 0 Å². The smallest absolute Gasteiger partial charge is 0.129 e. The van der Waals surface area contributed by atoms with Crippen LogP contribution in [0.1, 0.15) is 25.0 Å². The van der Waals surface area contributed by atoms with Gasteiger partial charge in [0.25, 0.3) is 0 Å². The van der Waals surface area contributed by atoms with Crippen molar-refractivity contribution < 1.29 is 4.74 Å². The first kappa shape index (κ1) is 10.0. The average molecular weight is 219 g/mol. The van der Waals surface area contributed by atoms with Gasteiger partial charge in [0.05, 0.1) is 12.1 Å². The molecule has 0 spiro atoms. The normalized spacial score (nSPS) is 29.3. The summed E-state index contributed by atoms with van der Waals surface area (Å²) in [6.07, 6.45) is 5.75. The second-order valence-corrected chi connectivity index (χ2v) is 4.76. The van der Waals surface area contributed by atoms with Crippen LogP contribution in [-0.4, -0.2) is 28.7 Å². The lowest BCUT2D eigenvalue weighted by molar-refractivity contribution is 0.0898. The van der Waals surface area contributed by atoms with Crippen LogP contribution in [0, 0.1) is 12.8 Å². The molecule has 1 N–H and O–H groups in total. The first-order valence-electron chi connectivity index (χ1n) is 6.00. The van der Waals surface area contributed by atoms with Crippen molar-refractivity contribution in [3.63, 3.8) is 0 Å². The Morgan fingerprint density at radius 1 is 1.31 bits per heavy atom. The van der Waals surface area contributed by atoms with E-state index in [1.54, 1.807) is 6.33 Å². The van der Waals surface area contributed by atoms with E-state index in [9.17, 15) is 0 Å². The van der Waals surface area contributed by atoms with E-state index in [1.165, 1.54) is 12.8 Å². The minimum atomic E-state index is 0.398. The van der Waals surface area contributed by atoms with Crippen LogP contribution in [0.25, 0.3) is 0 Å². The number of hydrogen-bond donors (Lipinski definition) is 1. The molecule has 86 valence electrons. The van der Waals surface area contributed by atoms with Crippen LogP contribution in [0.5, 0.6) is 0 Å². The molecule has 0 bridgehead atoms. The van der Waals surface area contributed by atoms with Gasteiger partial charge in [-0.25, -0.2) is 9.97 Å². The molecule has 4 nitrogen and oxygen atoms in total. The highest BCUT2D eigenvalue weighted by Gasteiger charge is 2.40. The summed E-state index contributed by atoms with van der Waals surface area (Å²) in [5.74, 6) is 1.71. The lowest BCUT2D eigenvalue weighted by atomic mass is 10.1. The summed E-state index contributed by atoms with van der Waals surface area (Å²) in [5.41, 5.74) is 0.999. The molecular weight excluding hydrogens is 202 g/mol. The summed E-state index contributed by atoms with van der Waals surface area (Å²) < 4.78 is 5.79. The summed E-state index contributed by atoms with van der Waals surface area (Å²) in [4.78, 5) is 8.34. The Morgan fingerprint density at radius 2 is 2.19 bits per heavy atom. The minimum absolute atomic E-state index is 0.398. The third kappa shape index (κ3) is 2.02. The number of hydrogen-bond acceptors (Lipinski definition) is 4. The summed E-state index contributed by atoms with van der Waals surface area (Å²) in [5, 5.41) is 3.48. The lowest BCUT2D eigenvalue weighted by Crippen LogP contribution is -2.31. The Hall–Kier alpha value is -1.16. The van der Waals surface area contributed by atoms with Gasteiger partial charge < -0.3 is 10.1 Å². The van der Waals surface area contributed by atoms with Gasteiger partial charge in [-0.05, 0) is 32.1 Å². The Kier molecular flexibility index (Phi) is 2.52. The summed E-state index contributed by atoms with van der Waals surface area (Å²) in [6.45, 7) is 2.86. The number of aryl methyl sites for hydroxylation is 1. The molecule has 2 unspecified atom stereocenters. The van der Waals surface area contributed by atoms with E-state index in [0.29, 0.717) is 12.1 Å². The number of anilines is 1. The molecule has 1 aromatic heterocycles. The van der Waals surface area contributed by atoms with Crippen molar-refractivity contribution in [3.8, 4) is 0 Å². The molecular formula is C12H17N3O. The van der Waals surface area contributed by atoms with Gasteiger partial charge in [0.15, 0.2) is 0 Å². The standard InChI is InChI=1S/C12H17N3O/c1-8-6-11(14-7-13-8)15-10-4-5-16-12(10)9-2-3-9/h6-7,9-10,12H,2-5H2,1H3,(H,13,14,15). The molecule has 16 heavy (non-hydrogen) atoms. The van der Waals surface area contributed by atoms with Crippen molar-refractivity contribution in [1.82, 2.24) is 9.97 Å². The van der Waals surface area contributed by atoms with Gasteiger partial charge in [0.2, 0.25) is 0 Å². The van der Waals surface area contributed by atoms with E-state index < -0.39 is 0 Å². The second-order valence-electron chi connectivity index (χ2n) is 4.76. The summed E-state index contributed by atoms with van der Waals surface area (Å²) >= 11 is 0. The van der Waals surface area contributed by atoms with Gasteiger partial charge in [-0.2, -0.15) is 0 Å². The SMILES string of the molecule is Cc1cc(NC2CCOC2C2CC2)ncn1. The zero-order valence-corrected chi connectivity index (χ0v) is 9.52. The molecule has 4 heteroatoms. The topological polar surface area (TPSA) is 47.0 Å². The predicted octanol–water partition coefficient (Wildman–Crippen LogP) is 1.76. The molecule has 1 saturated heterocycles. The van der Waals surface area contributed by atoms with Gasteiger partial charge in [-0.1, -0.05) is 0 Å². The van der Waals surface area contributed by atoms with Crippen LogP contribution in [0.3, 0.4) is 0 Å². The van der Waals surface area contributed by atoms with Crippen molar-refractivity contribution in [2.75, 3.05) is 11.9 Å². The van der Waals surface area contributed by atoms with Crippen molar-refractivity contribution in [1.29, 1.82) is 0 Å². The van der Waals surface area contributed by atoms with E-state index in [2.05, 4.69) is 15.3 Å². The zero-order valence-electron chi connectivity index (χ0n) is 9.52. The highest BCUT2D eigenvalue weighted by molar-refractivity contribution is 5.36. The van der Waals surface area contributed by atoms with Gasteiger partial charge in [-0.15, -0.1) is 0 Å². The maximum absolute atomic E-state index is 5.79. The van der Waals surface area contributed by atoms with Crippen molar-refractivity contribution in [2.24, 2.45) is 5.92 Å². The number of nitrogens with zero attached hydrogens (tertiary/aromatic N) is 2. The van der Waals surface area contributed by atoms with E-state index in [4.69, 9.17) is 4.74 Å². The molecule has 2 fully saturated rings. The number of rotatable bonds is 3. The van der Waals surface area contributed by atoms with Gasteiger partial charge in [0, 0.05) is 18.4 Å². The van der Waals surface area contributed by atoms with E-state index >= 15 is 0 Å². The van der Waals surface area contributed by atoms with Crippen molar-refractivity contribution in [3.05, 3.63) is 18.1 Å². The molecule has 1 aliphatic heterocycles. The van der Waals surface area contributed by atoms with E-state index in [1.807, 2.05) is 13.0 Å². The molecule has 0 aromatic carbocycles.